The first-order chi connectivity index (χ1) is 31.2. The molecule has 0 saturated carbocycles. The summed E-state index contributed by atoms with van der Waals surface area (Å²) >= 11 is 0. The third-order valence-electron chi connectivity index (χ3n) is 11.6. The molecule has 0 radical (unpaired) electrons. The molecule has 314 valence electrons. The third kappa shape index (κ3) is 8.75. The Bertz CT molecular complexity index is 3280. The molecule has 0 aliphatic heterocycles. The summed E-state index contributed by atoms with van der Waals surface area (Å²) in [7, 11) is 3.91. The van der Waals surface area contributed by atoms with Crippen LogP contribution in [0.1, 0.15) is 59.8 Å². The molecule has 3 amide bonds. The van der Waals surface area contributed by atoms with Crippen molar-refractivity contribution in [3.05, 3.63) is 198 Å². The lowest BCUT2D eigenvalue weighted by Crippen LogP contribution is -2.29. The second-order valence-corrected chi connectivity index (χ2v) is 16.0. The molecule has 0 bridgehead atoms. The Kier molecular flexibility index (Phi) is 11.6. The highest BCUT2D eigenvalue weighted by Crippen LogP contribution is 2.33. The van der Waals surface area contributed by atoms with Crippen LogP contribution in [0.3, 0.4) is 0 Å². The number of nitrogens with one attached hydrogen (secondary N) is 4. The van der Waals surface area contributed by atoms with Crippen LogP contribution in [0, 0.1) is 0 Å². The number of amides is 3. The van der Waals surface area contributed by atoms with E-state index in [9.17, 15) is 19.2 Å². The molecule has 9 aromatic rings. The highest BCUT2D eigenvalue weighted by molar-refractivity contribution is 6.18. The molecular weight excluding hydrogens is 797 g/mol. The number of aryl methyl sites for hydroxylation is 2. The fourth-order valence-electron chi connectivity index (χ4n) is 8.26. The largest absolute Gasteiger partial charge is 0.385 e. The molecule has 0 atom stereocenters. The minimum Gasteiger partial charge on any atom is -0.385 e. The van der Waals surface area contributed by atoms with Crippen LogP contribution in [-0.4, -0.2) is 36.6 Å². The Balaban J connectivity index is 0.938. The summed E-state index contributed by atoms with van der Waals surface area (Å²) in [6.07, 6.45) is 5.24. The molecule has 9 rings (SSSR count). The van der Waals surface area contributed by atoms with Gasteiger partial charge in [-0.05, 0) is 89.7 Å². The van der Waals surface area contributed by atoms with Crippen molar-refractivity contribution in [1.82, 2.24) is 5.32 Å². The maximum atomic E-state index is 14.1. The fraction of sp³-hybridized carbons (Fsp3) is 0.111. The van der Waals surface area contributed by atoms with Gasteiger partial charge in [-0.1, -0.05) is 84.9 Å². The minimum absolute atomic E-state index is 0.0920. The van der Waals surface area contributed by atoms with E-state index < -0.39 is 0 Å². The molecule has 0 fully saturated rings. The second-order valence-electron chi connectivity index (χ2n) is 16.0. The number of carbonyl (C=O) groups is 4. The Morgan fingerprint density at radius 3 is 1.64 bits per heavy atom. The van der Waals surface area contributed by atoms with Gasteiger partial charge in [0.15, 0.2) is 18.2 Å². The summed E-state index contributed by atoms with van der Waals surface area (Å²) in [5.41, 5.74) is 6.78. The van der Waals surface area contributed by atoms with E-state index in [0.717, 1.165) is 55.5 Å². The van der Waals surface area contributed by atoms with Gasteiger partial charge in [0.2, 0.25) is 11.0 Å². The van der Waals surface area contributed by atoms with Gasteiger partial charge in [0.25, 0.3) is 17.7 Å². The van der Waals surface area contributed by atoms with Crippen LogP contribution in [0.5, 0.6) is 0 Å². The van der Waals surface area contributed by atoms with E-state index >= 15 is 0 Å². The molecule has 0 spiro atoms. The average Bonchev–Trinajstić information content (AvgIpc) is 3.32. The van der Waals surface area contributed by atoms with E-state index in [-0.39, 0.29) is 23.5 Å². The maximum Gasteiger partial charge on any atom is 0.255 e. The molecule has 7 aromatic carbocycles. The smallest absolute Gasteiger partial charge is 0.255 e. The predicted molar refractivity (Wildman–Crippen MR) is 254 cm³/mol. The summed E-state index contributed by atoms with van der Waals surface area (Å²) < 4.78 is 3.98. The summed E-state index contributed by atoms with van der Waals surface area (Å²) in [5.74, 6) is -0.809. The van der Waals surface area contributed by atoms with Crippen molar-refractivity contribution >= 4 is 83.9 Å². The van der Waals surface area contributed by atoms with E-state index in [2.05, 4.69) is 21.3 Å². The molecule has 10 nitrogen and oxygen atoms in total. The van der Waals surface area contributed by atoms with Gasteiger partial charge in [0, 0.05) is 74.9 Å². The van der Waals surface area contributed by atoms with Crippen molar-refractivity contribution < 1.29 is 28.3 Å². The van der Waals surface area contributed by atoms with Gasteiger partial charge < -0.3 is 21.3 Å². The number of benzene rings is 7. The lowest BCUT2D eigenvalue weighted by Gasteiger charge is -2.15. The van der Waals surface area contributed by atoms with Gasteiger partial charge in [-0.25, -0.2) is 0 Å². The highest BCUT2D eigenvalue weighted by Gasteiger charge is 2.18. The Morgan fingerprint density at radius 1 is 0.438 bits per heavy atom. The van der Waals surface area contributed by atoms with E-state index in [1.54, 1.807) is 36.4 Å². The van der Waals surface area contributed by atoms with Crippen LogP contribution >= 0.6 is 0 Å². The number of para-hydroxylation sites is 2. The Labute approximate surface area is 370 Å². The lowest BCUT2D eigenvalue weighted by atomic mass is 9.96. The molecule has 10 heteroatoms. The number of rotatable bonds is 13. The van der Waals surface area contributed by atoms with Crippen molar-refractivity contribution in [3.8, 4) is 0 Å². The molecule has 2 aromatic heterocycles. The summed E-state index contributed by atoms with van der Waals surface area (Å²) in [5, 5.41) is 18.3. The first-order valence-corrected chi connectivity index (χ1v) is 21.3. The number of carbonyl (C=O) groups excluding carboxylic acids is 4. The zero-order valence-electron chi connectivity index (χ0n) is 35.5. The number of ketones is 1. The van der Waals surface area contributed by atoms with Crippen LogP contribution in [-0.2, 0) is 14.1 Å². The predicted octanol–water partition coefficient (Wildman–Crippen LogP) is 9.31. The molecule has 64 heavy (non-hydrogen) atoms. The van der Waals surface area contributed by atoms with Crippen LogP contribution < -0.4 is 30.4 Å². The van der Waals surface area contributed by atoms with Crippen LogP contribution in [0.2, 0.25) is 0 Å². The van der Waals surface area contributed by atoms with Crippen molar-refractivity contribution in [1.29, 1.82) is 0 Å². The Morgan fingerprint density at radius 2 is 0.969 bits per heavy atom. The normalized spacial score (nSPS) is 11.2. The fourth-order valence-corrected chi connectivity index (χ4v) is 8.26. The molecular formula is C54H46N6O4+2. The first kappa shape index (κ1) is 41.1. The van der Waals surface area contributed by atoms with Crippen molar-refractivity contribution in [2.45, 2.75) is 12.8 Å². The molecule has 2 heterocycles. The maximum absolute atomic E-state index is 14.1. The number of unbranched alkanes of at least 4 members (excludes halogenated alkanes) is 1. The number of anilines is 3. The topological polar surface area (TPSA) is 124 Å². The average molecular weight is 843 g/mol. The number of hydrogen-bond acceptors (Lipinski definition) is 5. The van der Waals surface area contributed by atoms with Crippen LogP contribution in [0.15, 0.2) is 170 Å². The molecule has 4 N–H and O–H groups in total. The quantitative estimate of drug-likeness (QED) is 0.0399. The monoisotopic (exact) mass is 842 g/mol. The number of hydrogen-bond donors (Lipinski definition) is 4. The molecule has 0 unspecified atom stereocenters. The number of pyridine rings is 2. The van der Waals surface area contributed by atoms with E-state index in [1.165, 1.54) is 0 Å². The van der Waals surface area contributed by atoms with Gasteiger partial charge in [-0.2, -0.15) is 9.13 Å². The number of aromatic nitrogens is 2. The van der Waals surface area contributed by atoms with Gasteiger partial charge >= 0.3 is 0 Å². The third-order valence-corrected chi connectivity index (χ3v) is 11.6. The zero-order valence-corrected chi connectivity index (χ0v) is 35.5. The SMILES string of the molecule is C[n+]1cc(NC(=O)c2ccc3ccc4c(NCCCCNC(=O)c5ccc(C(=O)c6ccccc6)cc5)cc(C(=O)Nc5cc6ccccc6[n+](C)c5)cc4c3c2)cc2ccccc21. The van der Waals surface area contributed by atoms with Crippen molar-refractivity contribution in [2.24, 2.45) is 14.1 Å². The summed E-state index contributed by atoms with van der Waals surface area (Å²) in [4.78, 5) is 53.7. The highest BCUT2D eigenvalue weighted by atomic mass is 16.2. The summed E-state index contributed by atoms with van der Waals surface area (Å²) in [6.45, 7) is 1.04. The number of fused-ring (bicyclic) bond motifs is 5. The molecule has 0 aliphatic rings. The first-order valence-electron chi connectivity index (χ1n) is 21.3. The van der Waals surface area contributed by atoms with Gasteiger partial charge in [-0.15, -0.1) is 0 Å². The lowest BCUT2D eigenvalue weighted by molar-refractivity contribution is -0.644. The van der Waals surface area contributed by atoms with Crippen LogP contribution in [0.25, 0.3) is 43.4 Å². The number of nitrogens with zero attached hydrogens (tertiary/aromatic N) is 2. The summed E-state index contributed by atoms with van der Waals surface area (Å²) in [6, 6.07) is 49.2. The van der Waals surface area contributed by atoms with Crippen LogP contribution in [0.4, 0.5) is 17.1 Å². The van der Waals surface area contributed by atoms with Gasteiger partial charge in [0.05, 0.1) is 0 Å². The standard InChI is InChI=1S/C54H44N6O4/c1-59-33-43(28-39-14-6-8-16-49(39)59)57-53(63)41-23-18-35-24-25-45-47(46(35)30-41)31-42(54(64)58-44-29-40-15-7-9-17-50(40)60(2)34-44)32-48(45)55-26-10-11-27-56-52(62)38-21-19-37(20-22-38)51(61)36-12-4-3-5-13-36/h3-9,12-25,28-34H,10-11,26-27H2,1-2H3,(H2-2,55,56,57,58,62,63,64)/p+2. The van der Waals surface area contributed by atoms with Gasteiger partial charge in [-0.3, -0.25) is 19.2 Å². The van der Waals surface area contributed by atoms with Gasteiger partial charge in [0.1, 0.15) is 25.5 Å². The van der Waals surface area contributed by atoms with Crippen molar-refractivity contribution in [3.63, 3.8) is 0 Å². The second kappa shape index (κ2) is 18.0. The zero-order chi connectivity index (χ0) is 44.2. The molecule has 0 saturated heterocycles. The van der Waals surface area contributed by atoms with E-state index in [0.29, 0.717) is 58.7 Å². The van der Waals surface area contributed by atoms with E-state index in [4.69, 9.17) is 0 Å². The Hall–Kier alpha value is -8.24. The molecule has 0 aliphatic carbocycles. The van der Waals surface area contributed by atoms with Crippen molar-refractivity contribution in [2.75, 3.05) is 29.0 Å². The minimum atomic E-state index is -0.268. The van der Waals surface area contributed by atoms with E-state index in [1.807, 2.05) is 157 Å².